The van der Waals surface area contributed by atoms with E-state index in [1.165, 1.54) is 11.8 Å². The van der Waals surface area contributed by atoms with Crippen LogP contribution in [0, 0.1) is 0 Å². The highest BCUT2D eigenvalue weighted by Gasteiger charge is 2.49. The second kappa shape index (κ2) is 6.50. The molecule has 1 saturated heterocycles. The Labute approximate surface area is 118 Å². The number of alkyl halides is 2. The van der Waals surface area contributed by atoms with Gasteiger partial charge in [0.05, 0.1) is 0 Å². The van der Waals surface area contributed by atoms with E-state index in [9.17, 15) is 18.4 Å². The minimum Gasteiger partial charge on any atom is -0.435 e. The highest BCUT2D eigenvalue weighted by atomic mass is 19.3. The zero-order valence-corrected chi connectivity index (χ0v) is 12.4. The lowest BCUT2D eigenvalue weighted by Gasteiger charge is -2.40. The molecule has 2 fully saturated rings. The fourth-order valence-corrected chi connectivity index (χ4v) is 2.28. The summed E-state index contributed by atoms with van der Waals surface area (Å²) >= 11 is 0. The van der Waals surface area contributed by atoms with Gasteiger partial charge in [0.2, 0.25) is 5.92 Å². The third-order valence-corrected chi connectivity index (χ3v) is 3.83. The lowest BCUT2D eigenvalue weighted by atomic mass is 9.80. The predicted molar refractivity (Wildman–Crippen MR) is 70.8 cm³/mol. The molecule has 0 N–H and O–H groups in total. The molecule has 1 heterocycles. The molecule has 0 aromatic carbocycles. The maximum atomic E-state index is 13.1. The molecule has 4 nitrogen and oxygen atoms in total. The van der Waals surface area contributed by atoms with Crippen molar-refractivity contribution in [2.75, 3.05) is 13.1 Å². The second-order valence-corrected chi connectivity index (χ2v) is 5.11. The highest BCUT2D eigenvalue weighted by molar-refractivity contribution is 5.87. The summed E-state index contributed by atoms with van der Waals surface area (Å²) < 4.78 is 31.5. The van der Waals surface area contributed by atoms with Crippen molar-refractivity contribution in [3.8, 4) is 0 Å². The molecular weight excluding hydrogens is 268 g/mol. The van der Waals surface area contributed by atoms with Gasteiger partial charge < -0.3 is 9.64 Å². The quantitative estimate of drug-likeness (QED) is 0.783. The van der Waals surface area contributed by atoms with Crippen LogP contribution >= 0.6 is 0 Å². The molecule has 0 radical (unpaired) electrons. The molecule has 0 bridgehead atoms. The normalized spacial score (nSPS) is 22.9. The molecule has 2 aliphatic rings. The molecule has 1 saturated carbocycles. The molecule has 0 unspecified atom stereocenters. The van der Waals surface area contributed by atoms with E-state index >= 15 is 0 Å². The van der Waals surface area contributed by atoms with Crippen molar-refractivity contribution in [1.29, 1.82) is 0 Å². The molecule has 0 atom stereocenters. The van der Waals surface area contributed by atoms with Gasteiger partial charge in [0.15, 0.2) is 11.4 Å². The fourth-order valence-electron chi connectivity index (χ4n) is 2.28. The van der Waals surface area contributed by atoms with Crippen LogP contribution in [0.3, 0.4) is 0 Å². The minimum absolute atomic E-state index is 0.0884. The van der Waals surface area contributed by atoms with E-state index in [-0.39, 0.29) is 18.6 Å². The highest BCUT2D eigenvalue weighted by Crippen LogP contribution is 2.41. The van der Waals surface area contributed by atoms with Crippen LogP contribution in [0.1, 0.15) is 52.9 Å². The van der Waals surface area contributed by atoms with Crippen LogP contribution in [0.15, 0.2) is 0 Å². The Morgan fingerprint density at radius 1 is 1.05 bits per heavy atom. The number of halogens is 2. The van der Waals surface area contributed by atoms with Gasteiger partial charge in [-0.25, -0.2) is 13.6 Å². The first kappa shape index (κ1) is 16.9. The molecule has 0 spiro atoms. The second-order valence-electron chi connectivity index (χ2n) is 5.11. The van der Waals surface area contributed by atoms with Crippen LogP contribution < -0.4 is 0 Å². The van der Waals surface area contributed by atoms with E-state index in [1.54, 1.807) is 0 Å². The van der Waals surface area contributed by atoms with Crippen molar-refractivity contribution in [2.24, 2.45) is 0 Å². The van der Waals surface area contributed by atoms with Crippen LogP contribution in [0.5, 0.6) is 0 Å². The number of ether oxygens (including phenoxy) is 1. The number of amides is 1. The first-order valence-electron chi connectivity index (χ1n) is 7.21. The number of Topliss-reactive ketones (excluding diaryl/α,β-unsaturated/α-hetero) is 1. The first-order chi connectivity index (χ1) is 9.35. The Bertz CT molecular complexity index is 357. The maximum absolute atomic E-state index is 13.1. The number of hydrogen-bond donors (Lipinski definition) is 0. The van der Waals surface area contributed by atoms with E-state index in [1.807, 2.05) is 13.8 Å². The third kappa shape index (κ3) is 3.67. The smallest absolute Gasteiger partial charge is 0.410 e. The van der Waals surface area contributed by atoms with Crippen LogP contribution in [0.4, 0.5) is 13.6 Å². The summed E-state index contributed by atoms with van der Waals surface area (Å²) in [5.41, 5.74) is -1.34. The van der Waals surface area contributed by atoms with Crippen molar-refractivity contribution >= 4 is 11.9 Å². The summed E-state index contributed by atoms with van der Waals surface area (Å²) in [6, 6.07) is 0. The number of carbonyl (C=O) groups excluding carboxylic acids is 2. The van der Waals surface area contributed by atoms with Crippen molar-refractivity contribution in [1.82, 2.24) is 4.90 Å². The molecule has 2 rings (SSSR count). The Morgan fingerprint density at radius 3 is 1.90 bits per heavy atom. The van der Waals surface area contributed by atoms with Crippen molar-refractivity contribution < 1.29 is 23.1 Å². The van der Waals surface area contributed by atoms with Crippen molar-refractivity contribution in [3.05, 3.63) is 0 Å². The SMILES string of the molecule is CC.CC(=O)C1(OC(=O)N2CCC2)CCC(F)(F)CC1. The van der Waals surface area contributed by atoms with Gasteiger partial charge in [-0.2, -0.15) is 0 Å². The summed E-state index contributed by atoms with van der Waals surface area (Å²) in [4.78, 5) is 24.9. The Kier molecular flexibility index (Phi) is 5.48. The lowest BCUT2D eigenvalue weighted by molar-refractivity contribution is -0.151. The average Bonchev–Trinajstić information content (AvgIpc) is 2.32. The Morgan fingerprint density at radius 2 is 1.55 bits per heavy atom. The first-order valence-corrected chi connectivity index (χ1v) is 7.21. The van der Waals surface area contributed by atoms with Gasteiger partial charge in [0.1, 0.15) is 0 Å². The molecule has 116 valence electrons. The zero-order valence-electron chi connectivity index (χ0n) is 12.4. The van der Waals surface area contributed by atoms with E-state index in [0.29, 0.717) is 13.1 Å². The summed E-state index contributed by atoms with van der Waals surface area (Å²) in [6.07, 6.45) is -0.620. The standard InChI is InChI=1S/C12H17F2NO3.C2H6/c1-9(16)11(3-5-12(13,14)6-4-11)18-10(17)15-7-2-8-15;1-2/h2-8H2,1H3;1-2H3. The molecule has 0 aromatic heterocycles. The van der Waals surface area contributed by atoms with Crippen LogP contribution in [-0.4, -0.2) is 41.4 Å². The molecule has 6 heteroatoms. The molecule has 1 amide bonds. The topological polar surface area (TPSA) is 46.6 Å². The van der Waals surface area contributed by atoms with E-state index in [4.69, 9.17) is 4.74 Å². The van der Waals surface area contributed by atoms with Crippen molar-refractivity contribution in [3.63, 3.8) is 0 Å². The summed E-state index contributed by atoms with van der Waals surface area (Å²) in [6.45, 7) is 6.53. The van der Waals surface area contributed by atoms with Crippen LogP contribution in [0.25, 0.3) is 0 Å². The zero-order chi connectivity index (χ0) is 15.4. The lowest BCUT2D eigenvalue weighted by Crippen LogP contribution is -2.52. The Balaban J connectivity index is 0.000000956. The van der Waals surface area contributed by atoms with Gasteiger partial charge in [-0.15, -0.1) is 0 Å². The monoisotopic (exact) mass is 291 g/mol. The summed E-state index contributed by atoms with van der Waals surface area (Å²) in [7, 11) is 0. The number of carbonyl (C=O) groups is 2. The number of nitrogens with zero attached hydrogens (tertiary/aromatic N) is 1. The predicted octanol–water partition coefficient (Wildman–Crippen LogP) is 3.39. The number of rotatable bonds is 2. The summed E-state index contributed by atoms with van der Waals surface area (Å²) in [5.74, 6) is -3.09. The number of ketones is 1. The molecular formula is C14H23F2NO3. The van der Waals surface area contributed by atoms with Crippen LogP contribution in [0.2, 0.25) is 0 Å². The fraction of sp³-hybridized carbons (Fsp3) is 0.857. The molecule has 20 heavy (non-hydrogen) atoms. The van der Waals surface area contributed by atoms with E-state index in [2.05, 4.69) is 0 Å². The van der Waals surface area contributed by atoms with E-state index < -0.39 is 30.5 Å². The van der Waals surface area contributed by atoms with Gasteiger partial charge in [0.25, 0.3) is 0 Å². The maximum Gasteiger partial charge on any atom is 0.410 e. The Hall–Kier alpha value is -1.20. The molecule has 1 aliphatic heterocycles. The molecule has 1 aliphatic carbocycles. The van der Waals surface area contributed by atoms with Gasteiger partial charge in [-0.05, 0) is 13.3 Å². The molecule has 0 aromatic rings. The number of likely N-dealkylation sites (tertiary alicyclic amines) is 1. The largest absolute Gasteiger partial charge is 0.435 e. The van der Waals surface area contributed by atoms with Gasteiger partial charge in [-0.1, -0.05) is 13.8 Å². The van der Waals surface area contributed by atoms with Crippen molar-refractivity contribution in [2.45, 2.75) is 64.4 Å². The summed E-state index contributed by atoms with van der Waals surface area (Å²) in [5, 5.41) is 0. The third-order valence-electron chi connectivity index (χ3n) is 3.83. The van der Waals surface area contributed by atoms with Gasteiger partial charge >= 0.3 is 6.09 Å². The van der Waals surface area contributed by atoms with Gasteiger partial charge in [0, 0.05) is 38.8 Å². The van der Waals surface area contributed by atoms with E-state index in [0.717, 1.165) is 6.42 Å². The van der Waals surface area contributed by atoms with Gasteiger partial charge in [-0.3, -0.25) is 4.79 Å². The minimum atomic E-state index is -2.75. The average molecular weight is 291 g/mol. The number of hydrogen-bond acceptors (Lipinski definition) is 3. The van der Waals surface area contributed by atoms with Crippen LogP contribution in [-0.2, 0) is 9.53 Å².